The predicted octanol–water partition coefficient (Wildman–Crippen LogP) is 3.06. The highest BCUT2D eigenvalue weighted by atomic mass is 79.9. The molecule has 1 saturated carbocycles. The van der Waals surface area contributed by atoms with Crippen molar-refractivity contribution in [1.82, 2.24) is 20.6 Å². The molecule has 0 aliphatic heterocycles. The van der Waals surface area contributed by atoms with Crippen LogP contribution in [0.2, 0.25) is 0 Å². The van der Waals surface area contributed by atoms with Crippen molar-refractivity contribution < 1.29 is 9.59 Å². The molecule has 1 aromatic heterocycles. The van der Waals surface area contributed by atoms with Crippen LogP contribution in [0.25, 0.3) is 10.8 Å². The number of hydrogen-bond acceptors (Lipinski definition) is 4. The van der Waals surface area contributed by atoms with Crippen molar-refractivity contribution in [2.75, 3.05) is 0 Å². The quantitative estimate of drug-likeness (QED) is 0.562. The first-order valence-electron chi connectivity index (χ1n) is 9.83. The van der Waals surface area contributed by atoms with Crippen LogP contribution in [0.15, 0.2) is 57.8 Å². The van der Waals surface area contributed by atoms with Gasteiger partial charge in [-0.2, -0.15) is 5.10 Å². The summed E-state index contributed by atoms with van der Waals surface area (Å²) in [5.41, 5.74) is 5.19. The van der Waals surface area contributed by atoms with Crippen LogP contribution in [0.4, 0.5) is 0 Å². The molecule has 1 fully saturated rings. The molecular formula is C22H21BrN4O3. The van der Waals surface area contributed by atoms with Gasteiger partial charge in [0.05, 0.1) is 10.8 Å². The molecule has 30 heavy (non-hydrogen) atoms. The molecule has 0 saturated heterocycles. The van der Waals surface area contributed by atoms with Crippen molar-refractivity contribution in [2.24, 2.45) is 0 Å². The van der Waals surface area contributed by atoms with Gasteiger partial charge in [0.2, 0.25) is 5.91 Å². The minimum Gasteiger partial charge on any atom is -0.272 e. The number of amides is 2. The van der Waals surface area contributed by atoms with Gasteiger partial charge in [0.1, 0.15) is 0 Å². The van der Waals surface area contributed by atoms with Crippen LogP contribution >= 0.6 is 15.9 Å². The van der Waals surface area contributed by atoms with E-state index in [1.54, 1.807) is 24.3 Å². The van der Waals surface area contributed by atoms with Gasteiger partial charge >= 0.3 is 0 Å². The fraction of sp³-hybridized carbons (Fsp3) is 0.273. The van der Waals surface area contributed by atoms with Gasteiger partial charge in [0, 0.05) is 16.4 Å². The summed E-state index contributed by atoms with van der Waals surface area (Å²) < 4.78 is 2.24. The Kier molecular flexibility index (Phi) is 5.42. The molecule has 1 heterocycles. The fourth-order valence-corrected chi connectivity index (χ4v) is 3.86. The number of aryl methyl sites for hydroxylation is 1. The zero-order chi connectivity index (χ0) is 21.3. The average Bonchev–Trinajstić information content (AvgIpc) is 3.56. The van der Waals surface area contributed by atoms with Crippen LogP contribution < -0.4 is 16.4 Å². The standard InChI is InChI=1S/C22H21BrN4O3/c1-2-13-27-20(29)17-6-4-3-5-16(17)18(26-27)19(28)24-25-21(30)22(11-12-22)14-7-9-15(23)10-8-14/h3-10H,2,11-13H2,1H3,(H,24,28)(H,25,30). The van der Waals surface area contributed by atoms with Crippen molar-refractivity contribution in [2.45, 2.75) is 38.1 Å². The largest absolute Gasteiger partial charge is 0.290 e. The van der Waals surface area contributed by atoms with Gasteiger partial charge in [-0.05, 0) is 43.0 Å². The Hall–Kier alpha value is -3.00. The lowest BCUT2D eigenvalue weighted by Crippen LogP contribution is -2.47. The Morgan fingerprint density at radius 1 is 1.07 bits per heavy atom. The Balaban J connectivity index is 1.57. The van der Waals surface area contributed by atoms with E-state index < -0.39 is 11.3 Å². The van der Waals surface area contributed by atoms with E-state index in [1.165, 1.54) is 4.68 Å². The fourth-order valence-electron chi connectivity index (χ4n) is 3.60. The van der Waals surface area contributed by atoms with Crippen LogP contribution in [-0.2, 0) is 16.8 Å². The minimum absolute atomic E-state index is 0.104. The van der Waals surface area contributed by atoms with Crippen molar-refractivity contribution in [3.63, 3.8) is 0 Å². The van der Waals surface area contributed by atoms with Crippen LogP contribution in [0.3, 0.4) is 0 Å². The Bertz CT molecular complexity index is 1180. The molecular weight excluding hydrogens is 448 g/mol. The first kappa shape index (κ1) is 20.3. The predicted molar refractivity (Wildman–Crippen MR) is 117 cm³/mol. The third kappa shape index (κ3) is 3.63. The van der Waals surface area contributed by atoms with Crippen LogP contribution in [0.5, 0.6) is 0 Å². The Labute approximate surface area is 181 Å². The van der Waals surface area contributed by atoms with Gasteiger partial charge < -0.3 is 0 Å². The second-order valence-electron chi connectivity index (χ2n) is 7.42. The second-order valence-corrected chi connectivity index (χ2v) is 8.34. The van der Waals surface area contributed by atoms with Crippen molar-refractivity contribution in [1.29, 1.82) is 0 Å². The lowest BCUT2D eigenvalue weighted by molar-refractivity contribution is -0.124. The summed E-state index contributed by atoms with van der Waals surface area (Å²) in [5.74, 6) is -0.819. The van der Waals surface area contributed by atoms with Crippen LogP contribution in [0.1, 0.15) is 42.2 Å². The maximum absolute atomic E-state index is 12.8. The van der Waals surface area contributed by atoms with E-state index in [0.717, 1.165) is 22.9 Å². The average molecular weight is 469 g/mol. The first-order valence-corrected chi connectivity index (χ1v) is 10.6. The van der Waals surface area contributed by atoms with Gasteiger partial charge in [-0.25, -0.2) is 4.68 Å². The van der Waals surface area contributed by atoms with Crippen LogP contribution in [0, 0.1) is 0 Å². The first-order chi connectivity index (χ1) is 14.5. The lowest BCUT2D eigenvalue weighted by Gasteiger charge is -2.17. The number of carbonyl (C=O) groups is 2. The summed E-state index contributed by atoms with van der Waals surface area (Å²) >= 11 is 3.40. The van der Waals surface area contributed by atoms with Crippen molar-refractivity contribution in [3.8, 4) is 0 Å². The molecule has 7 nitrogen and oxygen atoms in total. The molecule has 2 aromatic carbocycles. The zero-order valence-electron chi connectivity index (χ0n) is 16.4. The number of nitrogens with zero attached hydrogens (tertiary/aromatic N) is 2. The number of halogens is 1. The molecule has 0 atom stereocenters. The van der Waals surface area contributed by atoms with Gasteiger partial charge in [0.15, 0.2) is 5.69 Å². The third-order valence-corrected chi connectivity index (χ3v) is 5.92. The van der Waals surface area contributed by atoms with Crippen molar-refractivity contribution in [3.05, 3.63) is 74.6 Å². The summed E-state index contributed by atoms with van der Waals surface area (Å²) in [4.78, 5) is 38.2. The highest BCUT2D eigenvalue weighted by Gasteiger charge is 2.51. The molecule has 0 radical (unpaired) electrons. The topological polar surface area (TPSA) is 93.1 Å². The number of rotatable bonds is 5. The molecule has 8 heteroatoms. The highest BCUT2D eigenvalue weighted by molar-refractivity contribution is 9.10. The summed E-state index contributed by atoms with van der Waals surface area (Å²) in [5, 5.41) is 5.13. The summed E-state index contributed by atoms with van der Waals surface area (Å²) in [7, 11) is 0. The summed E-state index contributed by atoms with van der Waals surface area (Å²) in [6.45, 7) is 2.34. The maximum atomic E-state index is 12.8. The van der Waals surface area contributed by atoms with E-state index in [0.29, 0.717) is 23.7 Å². The normalized spacial score (nSPS) is 14.3. The van der Waals surface area contributed by atoms with Gasteiger partial charge in [-0.3, -0.25) is 25.2 Å². The summed E-state index contributed by atoms with van der Waals surface area (Å²) in [6.07, 6.45) is 2.15. The summed E-state index contributed by atoms with van der Waals surface area (Å²) in [6, 6.07) is 14.5. The second kappa shape index (κ2) is 8.02. The van der Waals surface area contributed by atoms with E-state index in [4.69, 9.17) is 0 Å². The van der Waals surface area contributed by atoms with Gasteiger partial charge in [-0.15, -0.1) is 0 Å². The smallest absolute Gasteiger partial charge is 0.272 e. The van der Waals surface area contributed by atoms with Gasteiger partial charge in [0.25, 0.3) is 11.5 Å². The molecule has 0 spiro atoms. The molecule has 3 aromatic rings. The van der Waals surface area contributed by atoms with Crippen LogP contribution in [-0.4, -0.2) is 21.6 Å². The molecule has 1 aliphatic carbocycles. The Morgan fingerprint density at radius 2 is 1.73 bits per heavy atom. The van der Waals surface area contributed by atoms with Crippen molar-refractivity contribution >= 4 is 38.5 Å². The molecule has 4 rings (SSSR count). The monoisotopic (exact) mass is 468 g/mol. The molecule has 2 amide bonds. The number of nitrogens with one attached hydrogen (secondary N) is 2. The third-order valence-electron chi connectivity index (χ3n) is 5.39. The number of hydrogen-bond donors (Lipinski definition) is 2. The number of fused-ring (bicyclic) bond motifs is 1. The maximum Gasteiger partial charge on any atom is 0.290 e. The minimum atomic E-state index is -0.621. The number of hydrazine groups is 1. The van der Waals surface area contributed by atoms with E-state index in [2.05, 4.69) is 31.9 Å². The zero-order valence-corrected chi connectivity index (χ0v) is 18.0. The molecule has 1 aliphatic rings. The highest BCUT2D eigenvalue weighted by Crippen LogP contribution is 2.48. The lowest BCUT2D eigenvalue weighted by atomic mass is 9.95. The molecule has 0 bridgehead atoms. The number of carbonyl (C=O) groups excluding carboxylic acids is 2. The van der Waals surface area contributed by atoms with E-state index in [-0.39, 0.29) is 17.2 Å². The number of aromatic nitrogens is 2. The van der Waals surface area contributed by atoms with Gasteiger partial charge in [-0.1, -0.05) is 53.2 Å². The van der Waals surface area contributed by atoms with E-state index >= 15 is 0 Å². The molecule has 0 unspecified atom stereocenters. The molecule has 2 N–H and O–H groups in total. The van der Waals surface area contributed by atoms with E-state index in [9.17, 15) is 14.4 Å². The van der Waals surface area contributed by atoms with E-state index in [1.807, 2.05) is 31.2 Å². The number of benzene rings is 2. The Morgan fingerprint density at radius 3 is 2.37 bits per heavy atom. The molecule has 154 valence electrons. The SMILES string of the molecule is CCCn1nc(C(=O)NNC(=O)C2(c3ccc(Br)cc3)CC2)c2ccccc2c1=O.